The highest BCUT2D eigenvalue weighted by atomic mass is 16.7. The first kappa shape index (κ1) is 18.9. The molecule has 0 unspecified atom stereocenters. The molecule has 2 fully saturated rings. The molecule has 0 saturated carbocycles. The molecule has 0 bridgehead atoms. The molecule has 0 spiro atoms. The lowest BCUT2D eigenvalue weighted by atomic mass is 9.94. The largest absolute Gasteiger partial charge is 0.394 e. The van der Waals surface area contributed by atoms with Gasteiger partial charge in [0, 0.05) is 0 Å². The van der Waals surface area contributed by atoms with E-state index in [2.05, 4.69) is 0 Å². The quantitative estimate of drug-likeness (QED) is 0.228. The van der Waals surface area contributed by atoms with Crippen LogP contribution in [-0.4, -0.2) is 115 Å². The standard InChI is InChI=1S/C12H22O11/c13-1-5-8(17)10(18)12(20,11(19)22-5)23-9-6(2-14)21-3-4(15)7(9)16/h4-11,13-20H,1-3H2/t4-,5+,6+,7+,8+,9-,10-,11-,12-/m1/s1. The zero-order valence-electron chi connectivity index (χ0n) is 12.0. The molecule has 0 aromatic rings. The number of rotatable bonds is 4. The summed E-state index contributed by atoms with van der Waals surface area (Å²) >= 11 is 0. The Hall–Kier alpha value is -0.440. The zero-order chi connectivity index (χ0) is 17.4. The SMILES string of the molecule is OC[C@@H]1O[C@@H](O)[C@](O)(O[C@H]2[C@@H](O)[C@H](O)CO[C@H]2CO)[C@H](O)[C@H]1O. The van der Waals surface area contributed by atoms with Crippen molar-refractivity contribution in [1.29, 1.82) is 0 Å². The first-order valence-electron chi connectivity index (χ1n) is 7.05. The molecule has 0 aromatic carbocycles. The normalized spacial score (nSPS) is 51.7. The molecular weight excluding hydrogens is 320 g/mol. The number of ether oxygens (including phenoxy) is 3. The number of aliphatic hydroxyl groups excluding tert-OH is 7. The van der Waals surface area contributed by atoms with Gasteiger partial charge in [-0.1, -0.05) is 0 Å². The van der Waals surface area contributed by atoms with Gasteiger partial charge in [0.05, 0.1) is 19.8 Å². The fourth-order valence-electron chi connectivity index (χ4n) is 2.59. The second-order valence-corrected chi connectivity index (χ2v) is 5.59. The van der Waals surface area contributed by atoms with E-state index in [1.54, 1.807) is 0 Å². The van der Waals surface area contributed by atoms with Gasteiger partial charge in [-0.05, 0) is 0 Å². The van der Waals surface area contributed by atoms with Crippen LogP contribution >= 0.6 is 0 Å². The molecule has 8 N–H and O–H groups in total. The summed E-state index contributed by atoms with van der Waals surface area (Å²) in [7, 11) is 0. The van der Waals surface area contributed by atoms with E-state index >= 15 is 0 Å². The summed E-state index contributed by atoms with van der Waals surface area (Å²) in [4.78, 5) is 0. The Balaban J connectivity index is 2.21. The molecular formula is C12H22O11. The first-order chi connectivity index (χ1) is 10.8. The van der Waals surface area contributed by atoms with E-state index in [1.807, 2.05) is 0 Å². The zero-order valence-corrected chi connectivity index (χ0v) is 12.0. The van der Waals surface area contributed by atoms with Crippen molar-refractivity contribution in [3.8, 4) is 0 Å². The molecule has 136 valence electrons. The molecule has 0 radical (unpaired) electrons. The average molecular weight is 342 g/mol. The topological polar surface area (TPSA) is 190 Å². The van der Waals surface area contributed by atoms with Crippen LogP contribution in [0.15, 0.2) is 0 Å². The highest BCUT2D eigenvalue weighted by Gasteiger charge is 2.58. The van der Waals surface area contributed by atoms with Gasteiger partial charge in [0.2, 0.25) is 12.1 Å². The fourth-order valence-corrected chi connectivity index (χ4v) is 2.59. The smallest absolute Gasteiger partial charge is 0.248 e. The fraction of sp³-hybridized carbons (Fsp3) is 1.00. The number of hydrogen-bond acceptors (Lipinski definition) is 11. The van der Waals surface area contributed by atoms with Crippen LogP contribution in [0.4, 0.5) is 0 Å². The summed E-state index contributed by atoms with van der Waals surface area (Å²) in [5, 5.41) is 77.7. The van der Waals surface area contributed by atoms with Crippen LogP contribution < -0.4 is 0 Å². The maximum Gasteiger partial charge on any atom is 0.248 e. The van der Waals surface area contributed by atoms with Crippen molar-refractivity contribution in [2.45, 2.75) is 54.8 Å². The van der Waals surface area contributed by atoms with Gasteiger partial charge in [-0.3, -0.25) is 0 Å². The Kier molecular flexibility index (Phi) is 5.92. The van der Waals surface area contributed by atoms with Crippen LogP contribution in [0.5, 0.6) is 0 Å². The average Bonchev–Trinajstić information content (AvgIpc) is 2.54. The van der Waals surface area contributed by atoms with E-state index in [-0.39, 0.29) is 6.61 Å². The molecule has 2 rings (SSSR count). The third-order valence-corrected chi connectivity index (χ3v) is 4.05. The van der Waals surface area contributed by atoms with Crippen LogP contribution in [0.25, 0.3) is 0 Å². The van der Waals surface area contributed by atoms with Gasteiger partial charge in [0.1, 0.15) is 42.7 Å². The Morgan fingerprint density at radius 2 is 1.57 bits per heavy atom. The van der Waals surface area contributed by atoms with Crippen molar-refractivity contribution in [3.05, 3.63) is 0 Å². The van der Waals surface area contributed by atoms with Gasteiger partial charge in [0.25, 0.3) is 0 Å². The molecule has 11 heteroatoms. The maximum atomic E-state index is 10.3. The summed E-state index contributed by atoms with van der Waals surface area (Å²) in [6.07, 6.45) is -13.1. The lowest BCUT2D eigenvalue weighted by Gasteiger charge is -2.49. The van der Waals surface area contributed by atoms with Crippen molar-refractivity contribution in [1.82, 2.24) is 0 Å². The molecule has 23 heavy (non-hydrogen) atoms. The van der Waals surface area contributed by atoms with Crippen LogP contribution in [0.3, 0.4) is 0 Å². The van der Waals surface area contributed by atoms with Gasteiger partial charge in [-0.2, -0.15) is 0 Å². The van der Waals surface area contributed by atoms with E-state index in [1.165, 1.54) is 0 Å². The Morgan fingerprint density at radius 3 is 2.13 bits per heavy atom. The second kappa shape index (κ2) is 7.21. The Morgan fingerprint density at radius 1 is 0.957 bits per heavy atom. The molecule has 11 nitrogen and oxygen atoms in total. The Labute approximate surface area is 130 Å². The molecule has 0 amide bonds. The third-order valence-electron chi connectivity index (χ3n) is 4.05. The first-order valence-corrected chi connectivity index (χ1v) is 7.05. The summed E-state index contributed by atoms with van der Waals surface area (Å²) in [5.74, 6) is -2.88. The molecule has 0 aliphatic carbocycles. The van der Waals surface area contributed by atoms with Gasteiger partial charge in [-0.15, -0.1) is 0 Å². The van der Waals surface area contributed by atoms with E-state index in [0.717, 1.165) is 0 Å². The van der Waals surface area contributed by atoms with E-state index in [4.69, 9.17) is 19.3 Å². The maximum absolute atomic E-state index is 10.3. The van der Waals surface area contributed by atoms with Crippen molar-refractivity contribution < 1.29 is 55.1 Å². The van der Waals surface area contributed by atoms with Crippen LogP contribution in [0.2, 0.25) is 0 Å². The minimum absolute atomic E-state index is 0.290. The van der Waals surface area contributed by atoms with E-state index in [0.29, 0.717) is 0 Å². The van der Waals surface area contributed by atoms with Crippen molar-refractivity contribution in [2.75, 3.05) is 19.8 Å². The van der Waals surface area contributed by atoms with E-state index < -0.39 is 68.0 Å². The summed E-state index contributed by atoms with van der Waals surface area (Å²) in [5.41, 5.74) is 0. The third kappa shape index (κ3) is 3.36. The predicted octanol–water partition coefficient (Wildman–Crippen LogP) is -5.40. The lowest BCUT2D eigenvalue weighted by Crippen LogP contribution is -2.70. The summed E-state index contributed by atoms with van der Waals surface area (Å²) in [6, 6.07) is 0. The monoisotopic (exact) mass is 342 g/mol. The van der Waals surface area contributed by atoms with Gasteiger partial charge in [0.15, 0.2) is 0 Å². The molecule has 2 saturated heterocycles. The molecule has 2 heterocycles. The van der Waals surface area contributed by atoms with Crippen LogP contribution in [0, 0.1) is 0 Å². The molecule has 2 aliphatic rings. The van der Waals surface area contributed by atoms with Gasteiger partial charge >= 0.3 is 0 Å². The van der Waals surface area contributed by atoms with Crippen LogP contribution in [-0.2, 0) is 14.2 Å². The molecule has 9 atom stereocenters. The molecule has 0 aromatic heterocycles. The summed E-state index contributed by atoms with van der Waals surface area (Å²) in [6.45, 7) is -1.67. The highest BCUT2D eigenvalue weighted by Crippen LogP contribution is 2.33. The highest BCUT2D eigenvalue weighted by molar-refractivity contribution is 4.97. The van der Waals surface area contributed by atoms with Crippen molar-refractivity contribution in [3.63, 3.8) is 0 Å². The second-order valence-electron chi connectivity index (χ2n) is 5.59. The lowest BCUT2D eigenvalue weighted by molar-refractivity contribution is -0.429. The van der Waals surface area contributed by atoms with Gasteiger partial charge < -0.3 is 55.1 Å². The predicted molar refractivity (Wildman–Crippen MR) is 68.6 cm³/mol. The number of hydrogen-bond donors (Lipinski definition) is 8. The van der Waals surface area contributed by atoms with Gasteiger partial charge in [-0.25, -0.2) is 0 Å². The van der Waals surface area contributed by atoms with Crippen molar-refractivity contribution >= 4 is 0 Å². The Bertz CT molecular complexity index is 393. The minimum atomic E-state index is -2.88. The van der Waals surface area contributed by atoms with Crippen LogP contribution in [0.1, 0.15) is 0 Å². The number of aliphatic hydroxyl groups is 8. The molecule has 2 aliphatic heterocycles. The van der Waals surface area contributed by atoms with Crippen molar-refractivity contribution in [2.24, 2.45) is 0 Å². The minimum Gasteiger partial charge on any atom is -0.394 e. The van der Waals surface area contributed by atoms with E-state index in [9.17, 15) is 35.7 Å². The summed E-state index contributed by atoms with van der Waals surface area (Å²) < 4.78 is 14.9.